The number of aryl methyl sites for hydroxylation is 2. The third-order valence-electron chi connectivity index (χ3n) is 9.26. The normalized spacial score (nSPS) is 26.5. The maximum absolute atomic E-state index is 14.5. The second kappa shape index (κ2) is 9.15. The first kappa shape index (κ1) is 24.5. The highest BCUT2D eigenvalue weighted by atomic mass is 19.1. The minimum absolute atomic E-state index is 0.0792. The van der Waals surface area contributed by atoms with Crippen LogP contribution in [0.5, 0.6) is 0 Å². The van der Waals surface area contributed by atoms with Gasteiger partial charge in [-0.2, -0.15) is 0 Å². The molecule has 37 heavy (non-hydrogen) atoms. The summed E-state index contributed by atoms with van der Waals surface area (Å²) in [5, 5.41) is 0. The molecule has 0 radical (unpaired) electrons. The molecule has 3 fully saturated rings. The molecular formula is C29H36FN3O4. The minimum Gasteiger partial charge on any atom is -0.466 e. The summed E-state index contributed by atoms with van der Waals surface area (Å²) in [6.45, 7) is 8.31. The zero-order valence-electron chi connectivity index (χ0n) is 22.0. The Balaban J connectivity index is 1.19. The number of carbonyl (C=O) groups excluding carboxylic acids is 2. The number of hydrogen-bond donors (Lipinski definition) is 0. The maximum Gasteiger partial charge on any atom is 0.410 e. The van der Waals surface area contributed by atoms with Crippen LogP contribution in [0.3, 0.4) is 0 Å². The number of likely N-dealkylation sites (tertiary alicyclic amines) is 1. The van der Waals surface area contributed by atoms with Gasteiger partial charge >= 0.3 is 6.09 Å². The molecule has 2 unspecified atom stereocenters. The van der Waals surface area contributed by atoms with Gasteiger partial charge in [-0.25, -0.2) is 9.18 Å². The lowest BCUT2D eigenvalue weighted by molar-refractivity contribution is 0.0281. The van der Waals surface area contributed by atoms with Crippen molar-refractivity contribution in [1.29, 1.82) is 0 Å². The molecular weight excluding hydrogens is 473 g/mol. The fourth-order valence-electron chi connectivity index (χ4n) is 7.50. The highest BCUT2D eigenvalue weighted by Gasteiger charge is 2.50. The molecule has 2 bridgehead atoms. The molecule has 0 N–H and O–H groups in total. The van der Waals surface area contributed by atoms with E-state index in [0.29, 0.717) is 36.3 Å². The maximum atomic E-state index is 14.5. The lowest BCUT2D eigenvalue weighted by Gasteiger charge is -2.47. The van der Waals surface area contributed by atoms with Crippen molar-refractivity contribution < 1.29 is 23.1 Å². The molecule has 2 atom stereocenters. The molecule has 3 saturated heterocycles. The number of furan rings is 1. The van der Waals surface area contributed by atoms with Crippen LogP contribution in [0.15, 0.2) is 28.7 Å². The molecule has 8 heteroatoms. The molecule has 4 aliphatic rings. The Morgan fingerprint density at radius 2 is 1.78 bits per heavy atom. The highest BCUT2D eigenvalue weighted by Crippen LogP contribution is 2.49. The predicted octanol–water partition coefficient (Wildman–Crippen LogP) is 5.18. The van der Waals surface area contributed by atoms with Crippen LogP contribution in [0.4, 0.5) is 14.9 Å². The van der Waals surface area contributed by atoms with Gasteiger partial charge in [0, 0.05) is 35.8 Å². The number of amides is 2. The molecule has 198 valence electrons. The van der Waals surface area contributed by atoms with Gasteiger partial charge in [0.1, 0.15) is 17.3 Å². The molecule has 4 aliphatic heterocycles. The van der Waals surface area contributed by atoms with Crippen molar-refractivity contribution >= 4 is 17.7 Å². The minimum atomic E-state index is -0.256. The van der Waals surface area contributed by atoms with Crippen molar-refractivity contribution in [3.05, 3.63) is 52.7 Å². The summed E-state index contributed by atoms with van der Waals surface area (Å²) in [6.07, 6.45) is 5.66. The summed E-state index contributed by atoms with van der Waals surface area (Å²) in [7, 11) is 0. The zero-order valence-corrected chi connectivity index (χ0v) is 22.0. The SMILES string of the molecule is CCOC(=O)N1C2CCC1CC(N1CCC3(CC1)CN(C(=O)c1cc(C)oc1C)c1ccc(F)cc13)C2. The summed E-state index contributed by atoms with van der Waals surface area (Å²) in [4.78, 5) is 32.5. The largest absolute Gasteiger partial charge is 0.466 e. The quantitative estimate of drug-likeness (QED) is 0.570. The van der Waals surface area contributed by atoms with E-state index in [-0.39, 0.29) is 35.3 Å². The van der Waals surface area contributed by atoms with Gasteiger partial charge in [0.25, 0.3) is 5.91 Å². The Bertz CT molecular complexity index is 1200. The van der Waals surface area contributed by atoms with E-state index in [4.69, 9.17) is 9.15 Å². The molecule has 2 aromatic rings. The Hall–Kier alpha value is -2.87. The third kappa shape index (κ3) is 4.04. The predicted molar refractivity (Wildman–Crippen MR) is 137 cm³/mol. The average molecular weight is 510 g/mol. The number of benzene rings is 1. The number of piperidine rings is 2. The van der Waals surface area contributed by atoms with Gasteiger partial charge in [-0.15, -0.1) is 0 Å². The van der Waals surface area contributed by atoms with Gasteiger partial charge < -0.3 is 23.9 Å². The topological polar surface area (TPSA) is 66.2 Å². The number of carbonyl (C=O) groups is 2. The first-order valence-corrected chi connectivity index (χ1v) is 13.7. The van der Waals surface area contributed by atoms with Crippen molar-refractivity contribution in [3.8, 4) is 0 Å². The smallest absolute Gasteiger partial charge is 0.410 e. The number of ether oxygens (including phenoxy) is 1. The fraction of sp³-hybridized carbons (Fsp3) is 0.586. The van der Waals surface area contributed by atoms with E-state index in [1.54, 1.807) is 18.2 Å². The van der Waals surface area contributed by atoms with Crippen LogP contribution in [-0.2, 0) is 10.2 Å². The van der Waals surface area contributed by atoms with Gasteiger partial charge in [0.15, 0.2) is 0 Å². The number of fused-ring (bicyclic) bond motifs is 4. The molecule has 6 rings (SSSR count). The average Bonchev–Trinajstić information content (AvgIpc) is 3.47. The summed E-state index contributed by atoms with van der Waals surface area (Å²) in [6, 6.07) is 7.62. The van der Waals surface area contributed by atoms with E-state index < -0.39 is 0 Å². The highest BCUT2D eigenvalue weighted by molar-refractivity contribution is 6.08. The van der Waals surface area contributed by atoms with Gasteiger partial charge in [0.2, 0.25) is 0 Å². The van der Waals surface area contributed by atoms with Gasteiger partial charge in [-0.1, -0.05) is 0 Å². The van der Waals surface area contributed by atoms with E-state index in [0.717, 1.165) is 62.9 Å². The van der Waals surface area contributed by atoms with E-state index in [2.05, 4.69) is 4.90 Å². The molecule has 1 aromatic heterocycles. The molecule has 1 aromatic carbocycles. The number of anilines is 1. The van der Waals surface area contributed by atoms with Crippen LogP contribution in [0.25, 0.3) is 0 Å². The lowest BCUT2D eigenvalue weighted by atomic mass is 9.73. The van der Waals surface area contributed by atoms with Crippen molar-refractivity contribution in [2.45, 2.75) is 82.8 Å². The number of rotatable bonds is 3. The molecule has 0 saturated carbocycles. The van der Waals surface area contributed by atoms with Crippen molar-refractivity contribution in [2.24, 2.45) is 0 Å². The van der Waals surface area contributed by atoms with Gasteiger partial charge in [-0.3, -0.25) is 4.79 Å². The third-order valence-corrected chi connectivity index (χ3v) is 9.26. The van der Waals surface area contributed by atoms with E-state index in [1.807, 2.05) is 30.6 Å². The lowest BCUT2D eigenvalue weighted by Crippen LogP contribution is -2.55. The first-order chi connectivity index (χ1) is 17.8. The van der Waals surface area contributed by atoms with Crippen molar-refractivity contribution in [1.82, 2.24) is 9.80 Å². The summed E-state index contributed by atoms with van der Waals surface area (Å²) in [5.41, 5.74) is 2.10. The number of nitrogens with zero attached hydrogens (tertiary/aromatic N) is 3. The van der Waals surface area contributed by atoms with Crippen LogP contribution in [0, 0.1) is 19.7 Å². The second-order valence-electron chi connectivity index (χ2n) is 11.3. The van der Waals surface area contributed by atoms with Gasteiger partial charge in [-0.05, 0) is 102 Å². The monoisotopic (exact) mass is 509 g/mol. The van der Waals surface area contributed by atoms with E-state index in [1.165, 1.54) is 6.07 Å². The Kier molecular flexibility index (Phi) is 6.05. The van der Waals surface area contributed by atoms with Gasteiger partial charge in [0.05, 0.1) is 12.2 Å². The van der Waals surface area contributed by atoms with Crippen LogP contribution < -0.4 is 4.90 Å². The number of halogens is 1. The molecule has 2 amide bonds. The summed E-state index contributed by atoms with van der Waals surface area (Å²) >= 11 is 0. The van der Waals surface area contributed by atoms with Crippen LogP contribution in [0.2, 0.25) is 0 Å². The second-order valence-corrected chi connectivity index (χ2v) is 11.3. The standard InChI is InChI=1S/C29H36FN3O4/c1-4-36-28(35)33-21-6-7-22(33)16-23(15-21)31-11-9-29(10-12-31)17-32(26-8-5-20(30)14-25(26)29)27(34)24-13-18(2)37-19(24)3/h5,8,13-14,21-23H,4,6-7,9-12,15-17H2,1-3H3. The summed E-state index contributed by atoms with van der Waals surface area (Å²) < 4.78 is 25.4. The van der Waals surface area contributed by atoms with Crippen molar-refractivity contribution in [2.75, 3.05) is 31.1 Å². The Morgan fingerprint density at radius 1 is 1.08 bits per heavy atom. The van der Waals surface area contributed by atoms with Crippen LogP contribution >= 0.6 is 0 Å². The Morgan fingerprint density at radius 3 is 2.41 bits per heavy atom. The first-order valence-electron chi connectivity index (χ1n) is 13.7. The zero-order chi connectivity index (χ0) is 25.9. The van der Waals surface area contributed by atoms with Crippen molar-refractivity contribution in [3.63, 3.8) is 0 Å². The fourth-order valence-corrected chi connectivity index (χ4v) is 7.50. The molecule has 1 spiro atoms. The van der Waals surface area contributed by atoms with E-state index >= 15 is 0 Å². The summed E-state index contributed by atoms with van der Waals surface area (Å²) in [5.74, 6) is 0.994. The number of hydrogen-bond acceptors (Lipinski definition) is 5. The molecule has 0 aliphatic carbocycles. The van der Waals surface area contributed by atoms with E-state index in [9.17, 15) is 14.0 Å². The van der Waals surface area contributed by atoms with Crippen LogP contribution in [-0.4, -0.2) is 66.2 Å². The molecule has 7 nitrogen and oxygen atoms in total. The molecule has 5 heterocycles. The Labute approximate surface area is 217 Å². The van der Waals surface area contributed by atoms with Crippen LogP contribution in [0.1, 0.15) is 72.9 Å².